The van der Waals surface area contributed by atoms with E-state index in [1.165, 1.54) is 12.1 Å². The van der Waals surface area contributed by atoms with Gasteiger partial charge < -0.3 is 10.0 Å². The van der Waals surface area contributed by atoms with Crippen LogP contribution in [-0.2, 0) is 14.8 Å². The van der Waals surface area contributed by atoms with Crippen LogP contribution in [-0.4, -0.2) is 31.9 Å². The van der Waals surface area contributed by atoms with Gasteiger partial charge >= 0.3 is 5.97 Å². The molecule has 1 fully saturated rings. The maximum atomic E-state index is 12.7. The first-order chi connectivity index (χ1) is 12.3. The normalized spacial score (nSPS) is 14.5. The molecule has 0 bridgehead atoms. The van der Waals surface area contributed by atoms with E-state index in [9.17, 15) is 23.1 Å². The third kappa shape index (κ3) is 3.41. The molecule has 3 rings (SSSR count). The molecule has 1 amide bonds. The van der Waals surface area contributed by atoms with Crippen molar-refractivity contribution < 1.29 is 23.1 Å². The number of rotatable bonds is 5. The topological polar surface area (TPSA) is 104 Å². The first-order valence-electron chi connectivity index (χ1n) is 8.06. The quantitative estimate of drug-likeness (QED) is 0.837. The van der Waals surface area contributed by atoms with Crippen LogP contribution in [0.15, 0.2) is 47.4 Å². The van der Waals surface area contributed by atoms with E-state index >= 15 is 0 Å². The molecule has 0 aliphatic carbocycles. The number of anilines is 2. The van der Waals surface area contributed by atoms with Gasteiger partial charge in [0.1, 0.15) is 0 Å². The van der Waals surface area contributed by atoms with Gasteiger partial charge in [-0.05, 0) is 43.2 Å². The number of benzene rings is 2. The van der Waals surface area contributed by atoms with Crippen LogP contribution in [0.25, 0.3) is 0 Å². The summed E-state index contributed by atoms with van der Waals surface area (Å²) < 4.78 is 27.9. The number of nitrogens with one attached hydrogen (secondary N) is 1. The number of carboxylic acids is 1. The van der Waals surface area contributed by atoms with Crippen molar-refractivity contribution in [1.82, 2.24) is 0 Å². The van der Waals surface area contributed by atoms with E-state index in [0.717, 1.165) is 12.5 Å². The van der Waals surface area contributed by atoms with Crippen molar-refractivity contribution in [1.29, 1.82) is 0 Å². The van der Waals surface area contributed by atoms with Crippen LogP contribution in [0.2, 0.25) is 0 Å². The molecule has 0 atom stereocenters. The average Bonchev–Trinajstić information content (AvgIpc) is 3.01. The van der Waals surface area contributed by atoms with Crippen molar-refractivity contribution in [2.45, 2.75) is 24.7 Å². The van der Waals surface area contributed by atoms with E-state index in [0.29, 0.717) is 24.2 Å². The van der Waals surface area contributed by atoms with E-state index in [-0.39, 0.29) is 22.1 Å². The molecule has 0 saturated carbocycles. The van der Waals surface area contributed by atoms with Crippen molar-refractivity contribution in [2.75, 3.05) is 16.2 Å². The van der Waals surface area contributed by atoms with Gasteiger partial charge in [0, 0.05) is 13.0 Å². The van der Waals surface area contributed by atoms with Gasteiger partial charge in [-0.3, -0.25) is 9.52 Å². The summed E-state index contributed by atoms with van der Waals surface area (Å²) in [4.78, 5) is 24.7. The van der Waals surface area contributed by atoms with Gasteiger partial charge in [-0.1, -0.05) is 18.2 Å². The zero-order valence-electron chi connectivity index (χ0n) is 14.1. The summed E-state index contributed by atoms with van der Waals surface area (Å²) in [5, 5.41) is 9.20. The summed E-state index contributed by atoms with van der Waals surface area (Å²) in [5.41, 5.74) is 1.17. The van der Waals surface area contributed by atoms with Crippen LogP contribution in [0.4, 0.5) is 11.4 Å². The molecule has 2 N–H and O–H groups in total. The number of amides is 1. The van der Waals surface area contributed by atoms with Crippen LogP contribution < -0.4 is 9.62 Å². The fraction of sp³-hybridized carbons (Fsp3) is 0.222. The first kappa shape index (κ1) is 17.9. The van der Waals surface area contributed by atoms with Crippen molar-refractivity contribution >= 4 is 33.3 Å². The average molecular weight is 374 g/mol. The summed E-state index contributed by atoms with van der Waals surface area (Å²) in [6, 6.07) is 10.6. The SMILES string of the molecule is Cc1ccc(S(=O)(=O)Nc2ccccc2N2CCCC2=O)cc1C(=O)O. The van der Waals surface area contributed by atoms with E-state index in [2.05, 4.69) is 4.72 Å². The lowest BCUT2D eigenvalue weighted by Crippen LogP contribution is -2.25. The Morgan fingerprint density at radius 1 is 1.19 bits per heavy atom. The van der Waals surface area contributed by atoms with Gasteiger partial charge in [0.2, 0.25) is 5.91 Å². The minimum absolute atomic E-state index is 0.0554. The van der Waals surface area contributed by atoms with E-state index in [1.54, 1.807) is 36.1 Å². The second kappa shape index (κ2) is 6.80. The fourth-order valence-electron chi connectivity index (χ4n) is 2.90. The summed E-state index contributed by atoms with van der Waals surface area (Å²) in [6.45, 7) is 2.13. The van der Waals surface area contributed by atoms with Gasteiger partial charge in [0.15, 0.2) is 0 Å². The van der Waals surface area contributed by atoms with E-state index in [4.69, 9.17) is 0 Å². The molecule has 1 heterocycles. The van der Waals surface area contributed by atoms with Crippen molar-refractivity contribution in [3.63, 3.8) is 0 Å². The molecule has 7 nitrogen and oxygen atoms in total. The first-order valence-corrected chi connectivity index (χ1v) is 9.54. The smallest absolute Gasteiger partial charge is 0.335 e. The Kier molecular flexibility index (Phi) is 4.69. The van der Waals surface area contributed by atoms with Crippen molar-refractivity contribution in [2.24, 2.45) is 0 Å². The van der Waals surface area contributed by atoms with Crippen molar-refractivity contribution in [3.8, 4) is 0 Å². The van der Waals surface area contributed by atoms with Crippen LogP contribution in [0, 0.1) is 6.92 Å². The number of hydrogen-bond donors (Lipinski definition) is 2. The second-order valence-corrected chi connectivity index (χ2v) is 7.74. The number of sulfonamides is 1. The Morgan fingerprint density at radius 3 is 2.58 bits per heavy atom. The Bertz CT molecular complexity index is 985. The highest BCUT2D eigenvalue weighted by Crippen LogP contribution is 2.31. The molecule has 0 radical (unpaired) electrons. The van der Waals surface area contributed by atoms with E-state index in [1.807, 2.05) is 0 Å². The maximum Gasteiger partial charge on any atom is 0.335 e. The minimum atomic E-state index is -4.01. The molecule has 1 aliphatic heterocycles. The molecule has 2 aromatic carbocycles. The highest BCUT2D eigenvalue weighted by atomic mass is 32.2. The minimum Gasteiger partial charge on any atom is -0.478 e. The molecule has 26 heavy (non-hydrogen) atoms. The lowest BCUT2D eigenvalue weighted by atomic mass is 10.1. The van der Waals surface area contributed by atoms with Gasteiger partial charge in [0.25, 0.3) is 10.0 Å². The number of aryl methyl sites for hydroxylation is 1. The highest BCUT2D eigenvalue weighted by Gasteiger charge is 2.26. The molecule has 0 aromatic heterocycles. The number of aromatic carboxylic acids is 1. The summed E-state index contributed by atoms with van der Waals surface area (Å²) >= 11 is 0. The second-order valence-electron chi connectivity index (χ2n) is 6.05. The van der Waals surface area contributed by atoms with Crippen LogP contribution in [0.1, 0.15) is 28.8 Å². The predicted octanol–water partition coefficient (Wildman–Crippen LogP) is 2.62. The van der Waals surface area contributed by atoms with Crippen LogP contribution >= 0.6 is 0 Å². The monoisotopic (exact) mass is 374 g/mol. The highest BCUT2D eigenvalue weighted by molar-refractivity contribution is 7.92. The predicted molar refractivity (Wildman–Crippen MR) is 97.0 cm³/mol. The summed E-state index contributed by atoms with van der Waals surface area (Å²) in [6.07, 6.45) is 1.15. The molecule has 1 aliphatic rings. The number of para-hydroxylation sites is 2. The molecule has 2 aromatic rings. The Morgan fingerprint density at radius 2 is 1.92 bits per heavy atom. The van der Waals surface area contributed by atoms with Crippen LogP contribution in [0.5, 0.6) is 0 Å². The molecule has 8 heteroatoms. The molecular weight excluding hydrogens is 356 g/mol. The zero-order chi connectivity index (χ0) is 18.9. The van der Waals surface area contributed by atoms with Gasteiger partial charge in [0.05, 0.1) is 21.8 Å². The van der Waals surface area contributed by atoms with Gasteiger partial charge in [-0.2, -0.15) is 0 Å². The number of hydrogen-bond acceptors (Lipinski definition) is 4. The summed E-state index contributed by atoms with van der Waals surface area (Å²) in [5.74, 6) is -1.25. The zero-order valence-corrected chi connectivity index (χ0v) is 14.9. The largest absolute Gasteiger partial charge is 0.478 e. The molecule has 0 unspecified atom stereocenters. The van der Waals surface area contributed by atoms with E-state index < -0.39 is 16.0 Å². The Labute approximate surface area is 151 Å². The van der Waals surface area contributed by atoms with Gasteiger partial charge in [-0.15, -0.1) is 0 Å². The standard InChI is InChI=1S/C18H18N2O5S/c1-12-8-9-13(11-14(12)18(22)23)26(24,25)19-15-5-2-3-6-16(15)20-10-4-7-17(20)21/h2-3,5-6,8-9,11,19H,4,7,10H2,1H3,(H,22,23). The number of carbonyl (C=O) groups is 2. The number of carbonyl (C=O) groups excluding carboxylic acids is 1. The number of carboxylic acid groups (broad SMARTS) is 1. The Hall–Kier alpha value is -2.87. The third-order valence-corrected chi connectivity index (χ3v) is 5.63. The maximum absolute atomic E-state index is 12.7. The van der Waals surface area contributed by atoms with Crippen LogP contribution in [0.3, 0.4) is 0 Å². The third-order valence-electron chi connectivity index (χ3n) is 4.26. The van der Waals surface area contributed by atoms with Crippen molar-refractivity contribution in [3.05, 3.63) is 53.6 Å². The molecule has 0 spiro atoms. The molecule has 1 saturated heterocycles. The lowest BCUT2D eigenvalue weighted by molar-refractivity contribution is -0.117. The lowest BCUT2D eigenvalue weighted by Gasteiger charge is -2.20. The fourth-order valence-corrected chi connectivity index (χ4v) is 4.00. The number of nitrogens with zero attached hydrogens (tertiary/aromatic N) is 1. The van der Waals surface area contributed by atoms with Gasteiger partial charge in [-0.25, -0.2) is 13.2 Å². The Balaban J connectivity index is 1.98. The summed E-state index contributed by atoms with van der Waals surface area (Å²) in [7, 11) is -4.01. The molecular formula is C18H18N2O5S. The molecule has 136 valence electrons.